The first-order valence-corrected chi connectivity index (χ1v) is 5.60. The lowest BCUT2D eigenvalue weighted by molar-refractivity contribution is 0.959. The van der Waals surface area contributed by atoms with Crippen molar-refractivity contribution in [1.82, 2.24) is 15.3 Å². The summed E-state index contributed by atoms with van der Waals surface area (Å²) in [5.41, 5.74) is 3.94. The fraction of sp³-hybridized carbons (Fsp3) is 0.182. The summed E-state index contributed by atoms with van der Waals surface area (Å²) in [6, 6.07) is 4.04. The zero-order valence-electron chi connectivity index (χ0n) is 9.57. The minimum absolute atomic E-state index is 0.827. The maximum atomic E-state index is 4.32. The molecule has 3 rings (SSSR count). The third-order valence-electron chi connectivity index (χ3n) is 2.70. The average molecular weight is 225 g/mol. The monoisotopic (exact) mass is 225 g/mol. The molecule has 6 heteroatoms. The van der Waals surface area contributed by atoms with Crippen molar-refractivity contribution in [2.75, 3.05) is 18.4 Å². The van der Waals surface area contributed by atoms with Gasteiger partial charge in [-0.3, -0.25) is 15.0 Å². The standard InChI is InChI=1S/C11H12BN5/c12-8-5-7(17-11-15-3-4-16-11)6-9-10(8)14-2-1-13-9/h1-2,5-6H,3-4,12H2,(H2,15,16,17). The maximum absolute atomic E-state index is 4.32. The highest BCUT2D eigenvalue weighted by atomic mass is 15.2. The van der Waals surface area contributed by atoms with E-state index in [1.54, 1.807) is 12.4 Å². The first kappa shape index (κ1) is 10.1. The van der Waals surface area contributed by atoms with E-state index in [1.807, 2.05) is 13.9 Å². The number of anilines is 1. The molecule has 1 aromatic carbocycles. The van der Waals surface area contributed by atoms with E-state index in [-0.39, 0.29) is 0 Å². The van der Waals surface area contributed by atoms with E-state index in [9.17, 15) is 0 Å². The number of aliphatic imine (C=N–C) groups is 1. The van der Waals surface area contributed by atoms with Crippen molar-refractivity contribution >= 4 is 36.0 Å². The van der Waals surface area contributed by atoms with Gasteiger partial charge in [0.15, 0.2) is 5.96 Å². The summed E-state index contributed by atoms with van der Waals surface area (Å²) in [6.45, 7) is 1.73. The van der Waals surface area contributed by atoms with Crippen LogP contribution >= 0.6 is 0 Å². The summed E-state index contributed by atoms with van der Waals surface area (Å²) in [4.78, 5) is 12.9. The fourth-order valence-electron chi connectivity index (χ4n) is 1.94. The highest BCUT2D eigenvalue weighted by Crippen LogP contribution is 2.12. The minimum atomic E-state index is 0.827. The van der Waals surface area contributed by atoms with E-state index in [2.05, 4.69) is 31.7 Å². The van der Waals surface area contributed by atoms with Gasteiger partial charge in [-0.15, -0.1) is 0 Å². The van der Waals surface area contributed by atoms with Crippen LogP contribution in [0, 0.1) is 0 Å². The molecule has 1 aliphatic heterocycles. The summed E-state index contributed by atoms with van der Waals surface area (Å²) in [5, 5.41) is 6.42. The van der Waals surface area contributed by atoms with Crippen LogP contribution in [-0.2, 0) is 0 Å². The van der Waals surface area contributed by atoms with Gasteiger partial charge in [-0.2, -0.15) is 0 Å². The molecule has 0 saturated heterocycles. The average Bonchev–Trinajstić information content (AvgIpc) is 2.82. The molecule has 0 aliphatic carbocycles. The van der Waals surface area contributed by atoms with E-state index in [4.69, 9.17) is 0 Å². The number of guanidine groups is 1. The van der Waals surface area contributed by atoms with Crippen LogP contribution < -0.4 is 16.1 Å². The number of nitrogens with one attached hydrogen (secondary N) is 2. The molecule has 0 amide bonds. The van der Waals surface area contributed by atoms with Crippen LogP contribution in [0.5, 0.6) is 0 Å². The molecule has 17 heavy (non-hydrogen) atoms. The van der Waals surface area contributed by atoms with Crippen LogP contribution in [-0.4, -0.2) is 36.9 Å². The second-order valence-corrected chi connectivity index (χ2v) is 4.00. The second-order valence-electron chi connectivity index (χ2n) is 4.00. The maximum Gasteiger partial charge on any atom is 0.195 e. The van der Waals surface area contributed by atoms with Crippen LogP contribution in [0.25, 0.3) is 11.0 Å². The number of fused-ring (bicyclic) bond motifs is 1. The summed E-state index contributed by atoms with van der Waals surface area (Å²) in [6.07, 6.45) is 3.42. The molecule has 0 fully saturated rings. The van der Waals surface area contributed by atoms with E-state index in [0.717, 1.165) is 41.2 Å². The minimum Gasteiger partial charge on any atom is -0.354 e. The summed E-state index contributed by atoms with van der Waals surface area (Å²) in [5.74, 6) is 0.827. The van der Waals surface area contributed by atoms with E-state index >= 15 is 0 Å². The molecule has 0 atom stereocenters. The third kappa shape index (κ3) is 1.93. The zero-order valence-corrected chi connectivity index (χ0v) is 9.57. The quantitative estimate of drug-likeness (QED) is 0.627. The second kappa shape index (κ2) is 4.05. The SMILES string of the molecule is Bc1cc(NC2=NCCN2)cc2nccnc12. The number of hydrogen-bond acceptors (Lipinski definition) is 5. The van der Waals surface area contributed by atoms with Crippen molar-refractivity contribution in [3.8, 4) is 0 Å². The molecular formula is C11H12BN5. The van der Waals surface area contributed by atoms with E-state index in [0.29, 0.717) is 0 Å². The Morgan fingerprint density at radius 2 is 2.12 bits per heavy atom. The summed E-state index contributed by atoms with van der Waals surface area (Å²) < 4.78 is 0. The molecule has 0 unspecified atom stereocenters. The number of benzene rings is 1. The molecule has 0 spiro atoms. The Hall–Kier alpha value is -2.11. The molecule has 0 radical (unpaired) electrons. The van der Waals surface area contributed by atoms with E-state index in [1.165, 1.54) is 0 Å². The molecule has 84 valence electrons. The number of hydrogen-bond donors (Lipinski definition) is 2. The van der Waals surface area contributed by atoms with Gasteiger partial charge in [0.1, 0.15) is 7.85 Å². The van der Waals surface area contributed by atoms with Gasteiger partial charge in [-0.1, -0.05) is 5.46 Å². The van der Waals surface area contributed by atoms with E-state index < -0.39 is 0 Å². The molecule has 2 heterocycles. The first-order valence-electron chi connectivity index (χ1n) is 5.60. The summed E-state index contributed by atoms with van der Waals surface area (Å²) in [7, 11) is 2.03. The fourth-order valence-corrected chi connectivity index (χ4v) is 1.94. The van der Waals surface area contributed by atoms with Gasteiger partial charge in [0, 0.05) is 24.6 Å². The smallest absolute Gasteiger partial charge is 0.195 e. The molecule has 1 aromatic heterocycles. The normalized spacial score (nSPS) is 14.5. The van der Waals surface area contributed by atoms with Crippen molar-refractivity contribution in [1.29, 1.82) is 0 Å². The van der Waals surface area contributed by atoms with Gasteiger partial charge in [0.25, 0.3) is 0 Å². The third-order valence-corrected chi connectivity index (χ3v) is 2.70. The Bertz CT molecular complexity index is 595. The largest absolute Gasteiger partial charge is 0.354 e. The van der Waals surface area contributed by atoms with Gasteiger partial charge >= 0.3 is 0 Å². The predicted molar refractivity (Wildman–Crippen MR) is 71.6 cm³/mol. The van der Waals surface area contributed by atoms with Crippen LogP contribution in [0.1, 0.15) is 0 Å². The predicted octanol–water partition coefficient (Wildman–Crippen LogP) is -0.741. The van der Waals surface area contributed by atoms with Crippen LogP contribution in [0.3, 0.4) is 0 Å². The lowest BCUT2D eigenvalue weighted by Gasteiger charge is -2.09. The molecule has 0 saturated carbocycles. The van der Waals surface area contributed by atoms with Crippen LogP contribution in [0.2, 0.25) is 0 Å². The Labute approximate surface area is 99.8 Å². The lowest BCUT2D eigenvalue weighted by atomic mass is 9.94. The van der Waals surface area contributed by atoms with Crippen molar-refractivity contribution in [2.24, 2.45) is 4.99 Å². The Kier molecular flexibility index (Phi) is 2.40. The molecule has 0 bridgehead atoms. The topological polar surface area (TPSA) is 62.2 Å². The Morgan fingerprint density at radius 3 is 2.94 bits per heavy atom. The van der Waals surface area contributed by atoms with Gasteiger partial charge < -0.3 is 10.6 Å². The van der Waals surface area contributed by atoms with Crippen molar-refractivity contribution in [2.45, 2.75) is 0 Å². The molecule has 5 nitrogen and oxygen atoms in total. The van der Waals surface area contributed by atoms with Crippen LogP contribution in [0.15, 0.2) is 29.5 Å². The molecule has 2 aromatic rings. The number of aromatic nitrogens is 2. The Balaban J connectivity index is 2.00. The van der Waals surface area contributed by atoms with Gasteiger partial charge in [-0.25, -0.2) is 0 Å². The van der Waals surface area contributed by atoms with Gasteiger partial charge in [0.2, 0.25) is 0 Å². The molecule has 1 aliphatic rings. The number of nitrogens with zero attached hydrogens (tertiary/aromatic N) is 3. The van der Waals surface area contributed by atoms with Crippen molar-refractivity contribution in [3.05, 3.63) is 24.5 Å². The van der Waals surface area contributed by atoms with Crippen LogP contribution in [0.4, 0.5) is 5.69 Å². The van der Waals surface area contributed by atoms with Gasteiger partial charge in [-0.05, 0) is 12.1 Å². The van der Waals surface area contributed by atoms with Gasteiger partial charge in [0.05, 0.1) is 17.6 Å². The molecular weight excluding hydrogens is 213 g/mol. The highest BCUT2D eigenvalue weighted by molar-refractivity contribution is 6.38. The van der Waals surface area contributed by atoms with Crippen molar-refractivity contribution in [3.63, 3.8) is 0 Å². The highest BCUT2D eigenvalue weighted by Gasteiger charge is 2.07. The lowest BCUT2D eigenvalue weighted by Crippen LogP contribution is -2.26. The first-order chi connectivity index (χ1) is 8.33. The summed E-state index contributed by atoms with van der Waals surface area (Å²) >= 11 is 0. The van der Waals surface area contributed by atoms with Crippen molar-refractivity contribution < 1.29 is 0 Å². The zero-order chi connectivity index (χ0) is 11.7. The molecule has 2 N–H and O–H groups in total. The number of rotatable bonds is 1. The Morgan fingerprint density at radius 1 is 1.24 bits per heavy atom.